The Labute approximate surface area is 145 Å². The van der Waals surface area contributed by atoms with Crippen LogP contribution in [0.5, 0.6) is 0 Å². The number of carbonyl (C=O) groups is 2. The number of carbonyl (C=O) groups excluding carboxylic acids is 2. The van der Waals surface area contributed by atoms with Gasteiger partial charge in [-0.2, -0.15) is 0 Å². The number of nitrogens with two attached hydrogens (primary N) is 1. The molecular weight excluding hydrogens is 300 g/mol. The van der Waals surface area contributed by atoms with Crippen LogP contribution in [-0.4, -0.2) is 18.4 Å². The monoisotopic (exact) mass is 330 g/mol. The SMILES string of the molecule is CC1CC[C@@H](C(C)C)[C@H](C(=O)NCCc2cccc(C(N)=O)c2)C1. The smallest absolute Gasteiger partial charge is 0.248 e. The summed E-state index contributed by atoms with van der Waals surface area (Å²) in [7, 11) is 0. The third kappa shape index (κ3) is 4.83. The lowest BCUT2D eigenvalue weighted by Gasteiger charge is -2.36. The summed E-state index contributed by atoms with van der Waals surface area (Å²) in [4.78, 5) is 23.9. The second-order valence-electron chi connectivity index (χ2n) is 7.54. The number of hydrogen-bond donors (Lipinski definition) is 2. The predicted octanol–water partition coefficient (Wildman–Crippen LogP) is 3.15. The van der Waals surface area contributed by atoms with Crippen molar-refractivity contribution in [2.24, 2.45) is 29.4 Å². The molecule has 4 heteroatoms. The van der Waals surface area contributed by atoms with Crippen LogP contribution in [-0.2, 0) is 11.2 Å². The van der Waals surface area contributed by atoms with Crippen molar-refractivity contribution >= 4 is 11.8 Å². The summed E-state index contributed by atoms with van der Waals surface area (Å²) >= 11 is 0. The molecule has 0 bridgehead atoms. The average Bonchev–Trinajstić information content (AvgIpc) is 2.54. The van der Waals surface area contributed by atoms with Crippen molar-refractivity contribution in [1.29, 1.82) is 0 Å². The number of benzene rings is 1. The van der Waals surface area contributed by atoms with Crippen molar-refractivity contribution in [2.75, 3.05) is 6.54 Å². The quantitative estimate of drug-likeness (QED) is 0.841. The Balaban J connectivity index is 1.90. The molecular formula is C20H30N2O2. The van der Waals surface area contributed by atoms with Gasteiger partial charge < -0.3 is 11.1 Å². The molecule has 24 heavy (non-hydrogen) atoms. The molecule has 4 nitrogen and oxygen atoms in total. The van der Waals surface area contributed by atoms with Crippen LogP contribution >= 0.6 is 0 Å². The van der Waals surface area contributed by atoms with Crippen LogP contribution in [0.1, 0.15) is 56.0 Å². The Bertz CT molecular complexity index is 583. The van der Waals surface area contributed by atoms with E-state index in [9.17, 15) is 9.59 Å². The second kappa shape index (κ2) is 8.32. The molecule has 1 aliphatic carbocycles. The van der Waals surface area contributed by atoms with Crippen LogP contribution < -0.4 is 11.1 Å². The summed E-state index contributed by atoms with van der Waals surface area (Å²) in [5.74, 6) is 1.55. The molecule has 3 N–H and O–H groups in total. The van der Waals surface area contributed by atoms with Crippen LogP contribution in [0.15, 0.2) is 24.3 Å². The Hall–Kier alpha value is -1.84. The molecule has 1 aliphatic rings. The minimum absolute atomic E-state index is 0.130. The van der Waals surface area contributed by atoms with E-state index in [4.69, 9.17) is 5.73 Å². The molecule has 1 unspecified atom stereocenters. The van der Waals surface area contributed by atoms with Gasteiger partial charge in [-0.3, -0.25) is 9.59 Å². The first-order valence-corrected chi connectivity index (χ1v) is 9.05. The van der Waals surface area contributed by atoms with Crippen LogP contribution in [0.4, 0.5) is 0 Å². The topological polar surface area (TPSA) is 72.2 Å². The zero-order chi connectivity index (χ0) is 17.7. The van der Waals surface area contributed by atoms with Crippen molar-refractivity contribution < 1.29 is 9.59 Å². The molecule has 1 saturated carbocycles. The number of primary amides is 1. The maximum Gasteiger partial charge on any atom is 0.248 e. The minimum Gasteiger partial charge on any atom is -0.366 e. The van der Waals surface area contributed by atoms with Crippen molar-refractivity contribution in [3.8, 4) is 0 Å². The molecule has 0 aromatic heterocycles. The molecule has 2 amide bonds. The van der Waals surface area contributed by atoms with Crippen LogP contribution in [0.2, 0.25) is 0 Å². The number of nitrogens with one attached hydrogen (secondary N) is 1. The van der Waals surface area contributed by atoms with Gasteiger partial charge in [-0.25, -0.2) is 0 Å². The van der Waals surface area contributed by atoms with Crippen LogP contribution in [0, 0.1) is 23.7 Å². The minimum atomic E-state index is -0.420. The highest BCUT2D eigenvalue weighted by atomic mass is 16.2. The number of hydrogen-bond acceptors (Lipinski definition) is 2. The Kier molecular flexibility index (Phi) is 6.41. The van der Waals surface area contributed by atoms with Gasteiger partial charge in [0, 0.05) is 18.0 Å². The van der Waals surface area contributed by atoms with Crippen molar-refractivity contribution in [1.82, 2.24) is 5.32 Å². The second-order valence-corrected chi connectivity index (χ2v) is 7.54. The largest absolute Gasteiger partial charge is 0.366 e. The molecule has 0 radical (unpaired) electrons. The Morgan fingerprint density at radius 1 is 1.29 bits per heavy atom. The normalized spacial score (nSPS) is 23.9. The molecule has 3 atom stereocenters. The maximum atomic E-state index is 12.6. The third-order valence-corrected chi connectivity index (χ3v) is 5.28. The van der Waals surface area contributed by atoms with Gasteiger partial charge in [-0.15, -0.1) is 0 Å². The predicted molar refractivity (Wildman–Crippen MR) is 96.5 cm³/mol. The van der Waals surface area contributed by atoms with Crippen molar-refractivity contribution in [3.05, 3.63) is 35.4 Å². The highest BCUT2D eigenvalue weighted by molar-refractivity contribution is 5.92. The van der Waals surface area contributed by atoms with Gasteiger partial charge in [0.1, 0.15) is 0 Å². The first kappa shape index (κ1) is 18.5. The van der Waals surface area contributed by atoms with E-state index in [-0.39, 0.29) is 11.8 Å². The van der Waals surface area contributed by atoms with E-state index in [1.807, 2.05) is 12.1 Å². The van der Waals surface area contributed by atoms with Crippen molar-refractivity contribution in [2.45, 2.75) is 46.5 Å². The van der Waals surface area contributed by atoms with E-state index in [2.05, 4.69) is 26.1 Å². The summed E-state index contributed by atoms with van der Waals surface area (Å²) in [6, 6.07) is 7.29. The molecule has 0 spiro atoms. The van der Waals surface area contributed by atoms with Gasteiger partial charge in [0.05, 0.1) is 0 Å². The molecule has 1 aromatic carbocycles. The van der Waals surface area contributed by atoms with Gasteiger partial charge in [-0.05, 0) is 54.7 Å². The summed E-state index contributed by atoms with van der Waals surface area (Å²) in [6.07, 6.45) is 4.08. The molecule has 1 fully saturated rings. The van der Waals surface area contributed by atoms with Gasteiger partial charge in [-0.1, -0.05) is 39.3 Å². The van der Waals surface area contributed by atoms with E-state index in [0.29, 0.717) is 36.3 Å². The Morgan fingerprint density at radius 3 is 2.71 bits per heavy atom. The fraction of sp³-hybridized carbons (Fsp3) is 0.600. The first-order chi connectivity index (χ1) is 11.4. The third-order valence-electron chi connectivity index (χ3n) is 5.28. The lowest BCUT2D eigenvalue weighted by atomic mass is 9.70. The van der Waals surface area contributed by atoms with Crippen LogP contribution in [0.3, 0.4) is 0 Å². The van der Waals surface area contributed by atoms with Crippen LogP contribution in [0.25, 0.3) is 0 Å². The van der Waals surface area contributed by atoms with Gasteiger partial charge in [0.2, 0.25) is 11.8 Å². The molecule has 132 valence electrons. The van der Waals surface area contributed by atoms with Gasteiger partial charge >= 0.3 is 0 Å². The van der Waals surface area contributed by atoms with E-state index in [1.54, 1.807) is 12.1 Å². The molecule has 0 aliphatic heterocycles. The van der Waals surface area contributed by atoms with Crippen molar-refractivity contribution in [3.63, 3.8) is 0 Å². The zero-order valence-electron chi connectivity index (χ0n) is 15.0. The fourth-order valence-corrected chi connectivity index (χ4v) is 3.84. The highest BCUT2D eigenvalue weighted by Crippen LogP contribution is 2.38. The standard InChI is InChI=1S/C20H30N2O2/c1-13(2)17-8-7-14(3)11-18(17)20(24)22-10-9-15-5-4-6-16(12-15)19(21)23/h4-6,12-14,17-18H,7-11H2,1-3H3,(H2,21,23)(H,22,24)/t14?,17-,18+/m0/s1. The zero-order valence-corrected chi connectivity index (χ0v) is 15.0. The first-order valence-electron chi connectivity index (χ1n) is 9.05. The fourth-order valence-electron chi connectivity index (χ4n) is 3.84. The molecule has 1 aromatic rings. The lowest BCUT2D eigenvalue weighted by Crippen LogP contribution is -2.40. The van der Waals surface area contributed by atoms with Gasteiger partial charge in [0.25, 0.3) is 0 Å². The molecule has 0 saturated heterocycles. The van der Waals surface area contributed by atoms with Gasteiger partial charge in [0.15, 0.2) is 0 Å². The molecule has 0 heterocycles. The van der Waals surface area contributed by atoms with E-state index in [0.717, 1.165) is 18.4 Å². The highest BCUT2D eigenvalue weighted by Gasteiger charge is 2.35. The Morgan fingerprint density at radius 2 is 2.04 bits per heavy atom. The summed E-state index contributed by atoms with van der Waals surface area (Å²) in [5, 5.41) is 3.10. The van der Waals surface area contributed by atoms with E-state index >= 15 is 0 Å². The summed E-state index contributed by atoms with van der Waals surface area (Å²) < 4.78 is 0. The molecule has 2 rings (SSSR count). The summed E-state index contributed by atoms with van der Waals surface area (Å²) in [6.45, 7) is 7.27. The summed E-state index contributed by atoms with van der Waals surface area (Å²) in [5.41, 5.74) is 6.84. The van der Waals surface area contributed by atoms with E-state index < -0.39 is 5.91 Å². The van der Waals surface area contributed by atoms with E-state index in [1.165, 1.54) is 6.42 Å². The lowest BCUT2D eigenvalue weighted by molar-refractivity contribution is -0.129. The number of amides is 2. The maximum absolute atomic E-state index is 12.6. The average molecular weight is 330 g/mol. The number of rotatable bonds is 6.